The summed E-state index contributed by atoms with van der Waals surface area (Å²) in [6.07, 6.45) is -0.878. The Hall–Kier alpha value is -4.08. The quantitative estimate of drug-likeness (QED) is 0.425. The van der Waals surface area contributed by atoms with Crippen molar-refractivity contribution in [1.29, 1.82) is 0 Å². The lowest BCUT2D eigenvalue weighted by molar-refractivity contribution is -0.127. The van der Waals surface area contributed by atoms with Gasteiger partial charge in [-0.1, -0.05) is 12.1 Å². The second-order valence-corrected chi connectivity index (χ2v) is 6.80. The maximum absolute atomic E-state index is 13.6. The Balaban J connectivity index is 1.32. The van der Waals surface area contributed by atoms with Crippen molar-refractivity contribution in [3.8, 4) is 23.0 Å². The van der Waals surface area contributed by atoms with Gasteiger partial charge < -0.3 is 14.8 Å². The summed E-state index contributed by atoms with van der Waals surface area (Å²) in [5.74, 6) is -0.544. The van der Waals surface area contributed by atoms with Crippen LogP contribution in [0.25, 0.3) is 17.0 Å². The molecule has 1 atom stereocenters. The van der Waals surface area contributed by atoms with Crippen LogP contribution in [0.15, 0.2) is 60.7 Å². The highest BCUT2D eigenvalue weighted by atomic mass is 19.1. The molecule has 0 spiro atoms. The second kappa shape index (κ2) is 9.38. The van der Waals surface area contributed by atoms with Crippen molar-refractivity contribution in [3.63, 3.8) is 0 Å². The van der Waals surface area contributed by atoms with Gasteiger partial charge in [-0.05, 0) is 49.4 Å². The molecule has 2 aromatic carbocycles. The number of amides is 1. The Morgan fingerprint density at radius 3 is 2.62 bits per heavy atom. The van der Waals surface area contributed by atoms with E-state index in [-0.39, 0.29) is 24.7 Å². The summed E-state index contributed by atoms with van der Waals surface area (Å²) >= 11 is 0. The molecule has 0 aliphatic heterocycles. The zero-order chi connectivity index (χ0) is 22.5. The van der Waals surface area contributed by atoms with Crippen LogP contribution >= 0.6 is 0 Å². The van der Waals surface area contributed by atoms with Crippen molar-refractivity contribution < 1.29 is 23.0 Å². The number of benzene rings is 2. The number of ether oxygens (including phenoxy) is 2. The van der Waals surface area contributed by atoms with Crippen molar-refractivity contribution in [2.24, 2.45) is 0 Å². The maximum atomic E-state index is 13.6. The molecule has 1 amide bonds. The zero-order valence-electron chi connectivity index (χ0n) is 17.0. The number of hydrogen-bond acceptors (Lipinski definition) is 6. The van der Waals surface area contributed by atoms with E-state index in [0.717, 1.165) is 0 Å². The molecule has 0 fully saturated rings. The van der Waals surface area contributed by atoms with Crippen LogP contribution in [0.2, 0.25) is 0 Å². The molecule has 4 aromatic rings. The van der Waals surface area contributed by atoms with E-state index in [2.05, 4.69) is 20.6 Å². The van der Waals surface area contributed by atoms with E-state index < -0.39 is 17.8 Å². The van der Waals surface area contributed by atoms with Crippen molar-refractivity contribution in [2.45, 2.75) is 13.0 Å². The van der Waals surface area contributed by atoms with Crippen LogP contribution in [0.1, 0.15) is 6.92 Å². The van der Waals surface area contributed by atoms with Crippen molar-refractivity contribution in [3.05, 3.63) is 72.3 Å². The van der Waals surface area contributed by atoms with Gasteiger partial charge in [-0.25, -0.2) is 8.78 Å². The minimum absolute atomic E-state index is 0.00908. The largest absolute Gasteiger partial charge is 0.478 e. The van der Waals surface area contributed by atoms with Crippen molar-refractivity contribution >= 4 is 11.6 Å². The summed E-state index contributed by atoms with van der Waals surface area (Å²) in [6.45, 7) is 1.86. The molecule has 0 saturated carbocycles. The summed E-state index contributed by atoms with van der Waals surface area (Å²) in [5, 5.41) is 15.1. The standard InChI is InChI=1S/C22H19F2N5O3/c1-14(32-18-5-3-2-4-17(18)24)22(30)25-12-13-31-20-11-10-19-26-27-21(29(19)28-20)15-6-8-16(23)9-7-15/h2-11,14H,12-13H2,1H3,(H,25,30). The van der Waals surface area contributed by atoms with Crippen LogP contribution in [-0.4, -0.2) is 45.0 Å². The van der Waals surface area contributed by atoms with Crippen LogP contribution < -0.4 is 14.8 Å². The third-order valence-electron chi connectivity index (χ3n) is 4.50. The van der Waals surface area contributed by atoms with E-state index >= 15 is 0 Å². The molecule has 0 bridgehead atoms. The molecule has 10 heteroatoms. The van der Waals surface area contributed by atoms with Crippen LogP contribution in [0, 0.1) is 11.6 Å². The molecular weight excluding hydrogens is 420 g/mol. The number of rotatable bonds is 8. The summed E-state index contributed by atoms with van der Waals surface area (Å²) in [5.41, 5.74) is 1.16. The van der Waals surface area contributed by atoms with Gasteiger partial charge in [-0.2, -0.15) is 4.52 Å². The minimum Gasteiger partial charge on any atom is -0.478 e. The molecule has 0 saturated heterocycles. The molecule has 0 radical (unpaired) electrons. The van der Waals surface area contributed by atoms with Crippen LogP contribution in [0.5, 0.6) is 11.6 Å². The van der Waals surface area contributed by atoms with Crippen LogP contribution in [-0.2, 0) is 4.79 Å². The number of halogens is 2. The lowest BCUT2D eigenvalue weighted by Gasteiger charge is -2.15. The van der Waals surface area contributed by atoms with Crippen molar-refractivity contribution in [1.82, 2.24) is 25.1 Å². The van der Waals surface area contributed by atoms with Gasteiger partial charge in [0.05, 0.1) is 6.54 Å². The first-order valence-electron chi connectivity index (χ1n) is 9.81. The second-order valence-electron chi connectivity index (χ2n) is 6.80. The Morgan fingerprint density at radius 1 is 1.06 bits per heavy atom. The number of aromatic nitrogens is 4. The van der Waals surface area contributed by atoms with Gasteiger partial charge in [0.25, 0.3) is 5.91 Å². The van der Waals surface area contributed by atoms with E-state index in [4.69, 9.17) is 9.47 Å². The maximum Gasteiger partial charge on any atom is 0.260 e. The number of fused-ring (bicyclic) bond motifs is 1. The summed E-state index contributed by atoms with van der Waals surface area (Å²) in [4.78, 5) is 12.2. The fourth-order valence-corrected chi connectivity index (χ4v) is 2.89. The number of carbonyl (C=O) groups is 1. The first-order chi connectivity index (χ1) is 15.5. The van der Waals surface area contributed by atoms with E-state index in [9.17, 15) is 13.6 Å². The summed E-state index contributed by atoms with van der Waals surface area (Å²) < 4.78 is 39.3. The topological polar surface area (TPSA) is 90.6 Å². The molecule has 1 unspecified atom stereocenters. The number of nitrogens with zero attached hydrogens (tertiary/aromatic N) is 4. The summed E-state index contributed by atoms with van der Waals surface area (Å²) in [7, 11) is 0. The number of carbonyl (C=O) groups excluding carboxylic acids is 1. The lowest BCUT2D eigenvalue weighted by Crippen LogP contribution is -2.38. The molecule has 1 N–H and O–H groups in total. The molecule has 4 rings (SSSR count). The predicted octanol–water partition coefficient (Wildman–Crippen LogP) is 3.03. The third kappa shape index (κ3) is 4.80. The monoisotopic (exact) mass is 439 g/mol. The van der Waals surface area contributed by atoms with Gasteiger partial charge in [-0.3, -0.25) is 4.79 Å². The van der Waals surface area contributed by atoms with Gasteiger partial charge in [-0.15, -0.1) is 15.3 Å². The molecule has 2 heterocycles. The molecule has 0 aliphatic rings. The molecule has 8 nitrogen and oxygen atoms in total. The highest BCUT2D eigenvalue weighted by Gasteiger charge is 2.16. The molecule has 2 aromatic heterocycles. The molecule has 0 aliphatic carbocycles. The van der Waals surface area contributed by atoms with Gasteiger partial charge in [0.1, 0.15) is 12.4 Å². The Kier molecular flexibility index (Phi) is 6.20. The van der Waals surface area contributed by atoms with Gasteiger partial charge >= 0.3 is 0 Å². The van der Waals surface area contributed by atoms with E-state index in [0.29, 0.717) is 22.9 Å². The SMILES string of the molecule is CC(Oc1ccccc1F)C(=O)NCCOc1ccc2nnc(-c3ccc(F)cc3)n2n1. The number of para-hydroxylation sites is 1. The molecule has 164 valence electrons. The lowest BCUT2D eigenvalue weighted by atomic mass is 10.2. The van der Waals surface area contributed by atoms with Gasteiger partial charge in [0.2, 0.25) is 5.88 Å². The third-order valence-corrected chi connectivity index (χ3v) is 4.50. The smallest absolute Gasteiger partial charge is 0.260 e. The fraction of sp³-hybridized carbons (Fsp3) is 0.182. The number of nitrogens with one attached hydrogen (secondary N) is 1. The van der Waals surface area contributed by atoms with Crippen LogP contribution in [0.4, 0.5) is 8.78 Å². The summed E-state index contributed by atoms with van der Waals surface area (Å²) in [6, 6.07) is 15.0. The fourth-order valence-electron chi connectivity index (χ4n) is 2.89. The normalized spacial score (nSPS) is 11.8. The average Bonchev–Trinajstić information content (AvgIpc) is 3.22. The molecule has 32 heavy (non-hydrogen) atoms. The highest BCUT2D eigenvalue weighted by molar-refractivity contribution is 5.80. The predicted molar refractivity (Wildman–Crippen MR) is 111 cm³/mol. The van der Waals surface area contributed by atoms with Crippen molar-refractivity contribution in [2.75, 3.05) is 13.2 Å². The number of hydrogen-bond donors (Lipinski definition) is 1. The first-order valence-corrected chi connectivity index (χ1v) is 9.81. The Morgan fingerprint density at radius 2 is 1.84 bits per heavy atom. The Labute approximate surface area is 181 Å². The average molecular weight is 439 g/mol. The van der Waals surface area contributed by atoms with E-state index in [1.54, 1.807) is 30.3 Å². The van der Waals surface area contributed by atoms with Crippen LogP contribution in [0.3, 0.4) is 0 Å². The molecular formula is C22H19F2N5O3. The van der Waals surface area contributed by atoms with Gasteiger partial charge in [0.15, 0.2) is 29.1 Å². The minimum atomic E-state index is -0.878. The Bertz CT molecular complexity index is 1230. The van der Waals surface area contributed by atoms with Gasteiger partial charge in [0, 0.05) is 11.6 Å². The van der Waals surface area contributed by atoms with E-state index in [1.807, 2.05) is 0 Å². The first kappa shape index (κ1) is 21.2. The van der Waals surface area contributed by atoms with E-state index in [1.165, 1.54) is 41.8 Å². The highest BCUT2D eigenvalue weighted by Crippen LogP contribution is 2.19. The zero-order valence-corrected chi connectivity index (χ0v) is 17.0.